The van der Waals surface area contributed by atoms with Gasteiger partial charge in [-0.1, -0.05) is 6.92 Å². The molecule has 5 nitrogen and oxygen atoms in total. The van der Waals surface area contributed by atoms with E-state index in [4.69, 9.17) is 0 Å². The molecule has 0 aromatic carbocycles. The molecule has 1 aliphatic rings. The van der Waals surface area contributed by atoms with Crippen LogP contribution in [0.1, 0.15) is 34.1 Å². The molecule has 2 N–H and O–H groups in total. The molecule has 0 saturated carbocycles. The summed E-state index contributed by atoms with van der Waals surface area (Å²) in [7, 11) is 0. The van der Waals surface area contributed by atoms with Crippen LogP contribution in [-0.4, -0.2) is 41.1 Å². The van der Waals surface area contributed by atoms with Gasteiger partial charge in [-0.25, -0.2) is 4.79 Å². The Morgan fingerprint density at radius 3 is 2.64 bits per heavy atom. The van der Waals surface area contributed by atoms with E-state index in [0.29, 0.717) is 30.0 Å². The quantitative estimate of drug-likeness (QED) is 0.887. The number of anilines is 1. The molecule has 2 rings (SSSR count). The lowest BCUT2D eigenvalue weighted by molar-refractivity contribution is -0.167. The number of nitrogens with zero attached hydrogens (tertiary/aromatic N) is 1. The van der Waals surface area contributed by atoms with E-state index >= 15 is 0 Å². The molecule has 1 aliphatic heterocycles. The molecule has 0 bridgehead atoms. The summed E-state index contributed by atoms with van der Waals surface area (Å²) in [5, 5.41) is 10.7. The van der Waals surface area contributed by atoms with Gasteiger partial charge in [-0.3, -0.25) is 9.69 Å². The van der Waals surface area contributed by atoms with Crippen molar-refractivity contribution in [1.29, 1.82) is 0 Å². The van der Waals surface area contributed by atoms with Crippen LogP contribution in [-0.2, 0) is 17.8 Å². The maximum absolute atomic E-state index is 12.4. The van der Waals surface area contributed by atoms with Gasteiger partial charge in [0.25, 0.3) is 0 Å². The first-order chi connectivity index (χ1) is 10.2. The van der Waals surface area contributed by atoms with Crippen molar-refractivity contribution in [3.05, 3.63) is 16.0 Å². The van der Waals surface area contributed by atoms with Crippen molar-refractivity contribution >= 4 is 28.2 Å². The summed E-state index contributed by atoms with van der Waals surface area (Å²) in [6, 6.07) is 0. The van der Waals surface area contributed by atoms with E-state index in [0.717, 1.165) is 24.3 Å². The highest BCUT2D eigenvalue weighted by Gasteiger charge is 2.40. The predicted octanol–water partition coefficient (Wildman–Crippen LogP) is 2.72. The number of hydrogen-bond donors (Lipinski definition) is 2. The van der Waals surface area contributed by atoms with Gasteiger partial charge in [0.1, 0.15) is 5.00 Å². The average molecular weight is 336 g/mol. The third kappa shape index (κ3) is 3.41. The van der Waals surface area contributed by atoms with Crippen LogP contribution in [0, 0.1) is 0 Å². The van der Waals surface area contributed by atoms with Crippen LogP contribution in [0.25, 0.3) is 0 Å². The maximum atomic E-state index is 12.4. The van der Waals surface area contributed by atoms with Crippen molar-refractivity contribution in [3.8, 4) is 0 Å². The van der Waals surface area contributed by atoms with E-state index in [1.165, 1.54) is 0 Å². The fourth-order valence-electron chi connectivity index (χ4n) is 2.45. The maximum Gasteiger partial charge on any atom is 0.471 e. The zero-order valence-electron chi connectivity index (χ0n) is 11.8. The summed E-state index contributed by atoms with van der Waals surface area (Å²) in [5.74, 6) is -3.47. The molecule has 0 atom stereocenters. The molecule has 0 radical (unpaired) electrons. The molecule has 0 saturated heterocycles. The standard InChI is InChI=1S/C13H15F3N2O3S/c1-2-4-18-5-3-7-8(6-18)22-10(9(7)11(19)20)17-12(21)13(14,15)16/h2-6H2,1H3,(H,17,21)(H,19,20). The topological polar surface area (TPSA) is 69.6 Å². The third-order valence-corrected chi connectivity index (χ3v) is 4.51. The highest BCUT2D eigenvalue weighted by atomic mass is 32.1. The molecular formula is C13H15F3N2O3S. The number of carbonyl (C=O) groups excluding carboxylic acids is 1. The molecular weight excluding hydrogens is 321 g/mol. The Labute approximate surface area is 128 Å². The van der Waals surface area contributed by atoms with E-state index in [2.05, 4.69) is 4.90 Å². The minimum absolute atomic E-state index is 0.214. The van der Waals surface area contributed by atoms with E-state index in [1.807, 2.05) is 6.92 Å². The second kappa shape index (κ2) is 6.25. The van der Waals surface area contributed by atoms with Crippen LogP contribution in [0.3, 0.4) is 0 Å². The van der Waals surface area contributed by atoms with Gasteiger partial charge in [-0.15, -0.1) is 11.3 Å². The molecule has 122 valence electrons. The number of carboxylic acid groups (broad SMARTS) is 1. The number of carboxylic acids is 1. The van der Waals surface area contributed by atoms with Crippen molar-refractivity contribution in [3.63, 3.8) is 0 Å². The predicted molar refractivity (Wildman–Crippen MR) is 75.2 cm³/mol. The first-order valence-electron chi connectivity index (χ1n) is 6.72. The highest BCUT2D eigenvalue weighted by molar-refractivity contribution is 7.17. The fourth-order valence-corrected chi connectivity index (χ4v) is 3.73. The first kappa shape index (κ1) is 16.8. The molecule has 0 aliphatic carbocycles. The Hall–Kier alpha value is -1.61. The summed E-state index contributed by atoms with van der Waals surface area (Å²) in [4.78, 5) is 25.2. The van der Waals surface area contributed by atoms with Gasteiger partial charge >= 0.3 is 18.1 Å². The Balaban J connectivity index is 2.32. The van der Waals surface area contributed by atoms with Gasteiger partial charge in [-0.05, 0) is 24.9 Å². The number of hydrogen-bond acceptors (Lipinski definition) is 4. The van der Waals surface area contributed by atoms with Crippen LogP contribution < -0.4 is 5.32 Å². The van der Waals surface area contributed by atoms with Gasteiger partial charge in [0, 0.05) is 18.0 Å². The average Bonchev–Trinajstić information content (AvgIpc) is 2.75. The van der Waals surface area contributed by atoms with Crippen molar-refractivity contribution in [2.45, 2.75) is 32.5 Å². The molecule has 9 heteroatoms. The molecule has 0 unspecified atom stereocenters. The van der Waals surface area contributed by atoms with Gasteiger partial charge in [-0.2, -0.15) is 13.2 Å². The Morgan fingerprint density at radius 1 is 1.41 bits per heavy atom. The Bertz CT molecular complexity index is 598. The Kier molecular flexibility index (Phi) is 4.76. The SMILES string of the molecule is CCCN1CCc2c(sc(NC(=O)C(F)(F)F)c2C(=O)O)C1. The number of nitrogens with one attached hydrogen (secondary N) is 1. The minimum Gasteiger partial charge on any atom is -0.478 e. The van der Waals surface area contributed by atoms with Crippen molar-refractivity contribution < 1.29 is 27.9 Å². The summed E-state index contributed by atoms with van der Waals surface area (Å²) in [6.45, 7) is 4.01. The molecule has 1 amide bonds. The second-order valence-corrected chi connectivity index (χ2v) is 6.10. The van der Waals surface area contributed by atoms with Crippen LogP contribution in [0.4, 0.5) is 18.2 Å². The number of carbonyl (C=O) groups is 2. The van der Waals surface area contributed by atoms with E-state index in [9.17, 15) is 27.9 Å². The van der Waals surface area contributed by atoms with Gasteiger partial charge in [0.05, 0.1) is 5.56 Å². The molecule has 1 aromatic heterocycles. The third-order valence-electron chi connectivity index (χ3n) is 3.37. The number of halogens is 3. The summed E-state index contributed by atoms with van der Waals surface area (Å²) >= 11 is 0.910. The second-order valence-electron chi connectivity index (χ2n) is 4.99. The number of alkyl halides is 3. The molecule has 2 heterocycles. The zero-order chi connectivity index (χ0) is 16.5. The summed E-state index contributed by atoms with van der Waals surface area (Å²) in [6.07, 6.45) is -3.66. The van der Waals surface area contributed by atoms with E-state index in [-0.39, 0.29) is 10.6 Å². The highest BCUT2D eigenvalue weighted by Crippen LogP contribution is 2.37. The lowest BCUT2D eigenvalue weighted by atomic mass is 10.0. The number of aromatic carboxylic acids is 1. The molecule has 1 aromatic rings. The smallest absolute Gasteiger partial charge is 0.471 e. The van der Waals surface area contributed by atoms with E-state index < -0.39 is 18.1 Å². The monoisotopic (exact) mass is 336 g/mol. The van der Waals surface area contributed by atoms with Gasteiger partial charge in [0.2, 0.25) is 0 Å². The molecule has 0 spiro atoms. The normalized spacial score (nSPS) is 15.5. The molecule has 22 heavy (non-hydrogen) atoms. The van der Waals surface area contributed by atoms with Crippen molar-refractivity contribution in [2.75, 3.05) is 18.4 Å². The van der Waals surface area contributed by atoms with E-state index in [1.54, 1.807) is 5.32 Å². The zero-order valence-corrected chi connectivity index (χ0v) is 12.6. The number of thiophene rings is 1. The van der Waals surface area contributed by atoms with Crippen LogP contribution >= 0.6 is 11.3 Å². The van der Waals surface area contributed by atoms with Crippen LogP contribution in [0.15, 0.2) is 0 Å². The Morgan fingerprint density at radius 2 is 2.09 bits per heavy atom. The fraction of sp³-hybridized carbons (Fsp3) is 0.538. The lowest BCUT2D eigenvalue weighted by Crippen LogP contribution is -2.31. The number of rotatable bonds is 4. The first-order valence-corrected chi connectivity index (χ1v) is 7.54. The van der Waals surface area contributed by atoms with Crippen molar-refractivity contribution in [1.82, 2.24) is 4.90 Å². The van der Waals surface area contributed by atoms with Gasteiger partial charge in [0.15, 0.2) is 0 Å². The lowest BCUT2D eigenvalue weighted by Gasteiger charge is -2.26. The summed E-state index contributed by atoms with van der Waals surface area (Å²) in [5.41, 5.74) is 0.316. The summed E-state index contributed by atoms with van der Waals surface area (Å²) < 4.78 is 37.1. The van der Waals surface area contributed by atoms with Crippen molar-refractivity contribution in [2.24, 2.45) is 0 Å². The molecule has 0 fully saturated rings. The van der Waals surface area contributed by atoms with Crippen LogP contribution in [0.5, 0.6) is 0 Å². The number of fused-ring (bicyclic) bond motifs is 1. The number of amides is 1. The largest absolute Gasteiger partial charge is 0.478 e. The van der Waals surface area contributed by atoms with Crippen LogP contribution in [0.2, 0.25) is 0 Å². The van der Waals surface area contributed by atoms with Gasteiger partial charge < -0.3 is 10.4 Å². The minimum atomic E-state index is -5.05.